The van der Waals surface area contributed by atoms with Crippen LogP contribution in [0.4, 0.5) is 5.69 Å². The van der Waals surface area contributed by atoms with E-state index in [1.54, 1.807) is 6.21 Å². The second-order valence-electron chi connectivity index (χ2n) is 4.74. The molecule has 2 aromatic rings. The van der Waals surface area contributed by atoms with E-state index in [0.717, 1.165) is 22.6 Å². The normalized spacial score (nSPS) is 10.6. The SMILES string of the molecule is CCOc1ccc(/C=N\NC(=S)Nc2cccc(Cl)c2C)cc1. The Balaban J connectivity index is 1.89. The molecule has 0 bridgehead atoms. The zero-order valence-corrected chi connectivity index (χ0v) is 14.5. The summed E-state index contributed by atoms with van der Waals surface area (Å²) in [5.41, 5.74) is 5.52. The van der Waals surface area contributed by atoms with Gasteiger partial charge in [0.15, 0.2) is 5.11 Å². The van der Waals surface area contributed by atoms with Crippen molar-refractivity contribution in [3.8, 4) is 5.75 Å². The van der Waals surface area contributed by atoms with Crippen molar-refractivity contribution >= 4 is 40.8 Å². The molecule has 0 amide bonds. The van der Waals surface area contributed by atoms with Crippen molar-refractivity contribution in [2.75, 3.05) is 11.9 Å². The van der Waals surface area contributed by atoms with Crippen LogP contribution < -0.4 is 15.5 Å². The van der Waals surface area contributed by atoms with Crippen LogP contribution in [0.2, 0.25) is 5.02 Å². The smallest absolute Gasteiger partial charge is 0.191 e. The third kappa shape index (κ3) is 5.23. The van der Waals surface area contributed by atoms with Crippen molar-refractivity contribution in [2.45, 2.75) is 13.8 Å². The number of ether oxygens (including phenoxy) is 1. The highest BCUT2D eigenvalue weighted by molar-refractivity contribution is 7.80. The van der Waals surface area contributed by atoms with E-state index >= 15 is 0 Å². The van der Waals surface area contributed by atoms with Gasteiger partial charge in [-0.2, -0.15) is 5.10 Å². The molecular weight excluding hydrogens is 330 g/mol. The number of rotatable bonds is 5. The van der Waals surface area contributed by atoms with Crippen LogP contribution >= 0.6 is 23.8 Å². The van der Waals surface area contributed by atoms with Gasteiger partial charge in [0.1, 0.15) is 5.75 Å². The van der Waals surface area contributed by atoms with Crippen molar-refractivity contribution in [1.82, 2.24) is 5.43 Å². The standard InChI is InChI=1S/C17H18ClN3OS/c1-3-22-14-9-7-13(8-10-14)11-19-21-17(23)20-16-6-4-5-15(18)12(16)2/h4-11H,3H2,1-2H3,(H2,20,21,23)/b19-11-. The lowest BCUT2D eigenvalue weighted by molar-refractivity contribution is 0.340. The summed E-state index contributed by atoms with van der Waals surface area (Å²) in [5.74, 6) is 0.839. The molecule has 2 N–H and O–H groups in total. The first-order chi connectivity index (χ1) is 11.1. The molecule has 0 radical (unpaired) electrons. The highest BCUT2D eigenvalue weighted by atomic mass is 35.5. The van der Waals surface area contributed by atoms with E-state index in [-0.39, 0.29) is 0 Å². The molecule has 0 aromatic heterocycles. The van der Waals surface area contributed by atoms with Gasteiger partial charge in [0, 0.05) is 10.7 Å². The molecular formula is C17H18ClN3OS. The Morgan fingerprint density at radius 2 is 2.00 bits per heavy atom. The lowest BCUT2D eigenvalue weighted by Crippen LogP contribution is -2.24. The molecule has 0 aliphatic carbocycles. The van der Waals surface area contributed by atoms with Crippen molar-refractivity contribution in [3.63, 3.8) is 0 Å². The molecule has 0 aliphatic heterocycles. The Morgan fingerprint density at radius 3 is 2.70 bits per heavy atom. The van der Waals surface area contributed by atoms with Gasteiger partial charge < -0.3 is 10.1 Å². The fourth-order valence-corrected chi connectivity index (χ4v) is 2.21. The van der Waals surface area contributed by atoms with Crippen molar-refractivity contribution in [1.29, 1.82) is 0 Å². The summed E-state index contributed by atoms with van der Waals surface area (Å²) in [7, 11) is 0. The maximum absolute atomic E-state index is 6.07. The molecule has 0 heterocycles. The Kier molecular flexibility index (Phi) is 6.38. The number of nitrogens with zero attached hydrogens (tertiary/aromatic N) is 1. The predicted octanol–water partition coefficient (Wildman–Crippen LogP) is 4.37. The van der Waals surface area contributed by atoms with Gasteiger partial charge >= 0.3 is 0 Å². The van der Waals surface area contributed by atoms with Crippen LogP contribution in [-0.2, 0) is 0 Å². The van der Waals surface area contributed by atoms with Gasteiger partial charge in [-0.25, -0.2) is 0 Å². The van der Waals surface area contributed by atoms with E-state index in [1.165, 1.54) is 0 Å². The summed E-state index contributed by atoms with van der Waals surface area (Å²) in [5, 5.41) is 8.27. The third-order valence-electron chi connectivity index (χ3n) is 3.09. The average Bonchev–Trinajstić information content (AvgIpc) is 2.54. The number of benzene rings is 2. The molecule has 0 fully saturated rings. The van der Waals surface area contributed by atoms with Gasteiger partial charge in [-0.1, -0.05) is 17.7 Å². The predicted molar refractivity (Wildman–Crippen MR) is 101 cm³/mol. The van der Waals surface area contributed by atoms with Crippen molar-refractivity contribution < 1.29 is 4.74 Å². The monoisotopic (exact) mass is 347 g/mol. The first kappa shape index (κ1) is 17.2. The maximum atomic E-state index is 6.07. The molecule has 0 atom stereocenters. The Morgan fingerprint density at radius 1 is 1.26 bits per heavy atom. The first-order valence-electron chi connectivity index (χ1n) is 7.18. The number of thiocarbonyl (C=S) groups is 1. The third-order valence-corrected chi connectivity index (χ3v) is 3.69. The van der Waals surface area contributed by atoms with Crippen molar-refractivity contribution in [3.05, 3.63) is 58.6 Å². The van der Waals surface area contributed by atoms with E-state index in [1.807, 2.05) is 56.3 Å². The number of hydrogen-bond acceptors (Lipinski definition) is 3. The highest BCUT2D eigenvalue weighted by Crippen LogP contribution is 2.22. The highest BCUT2D eigenvalue weighted by Gasteiger charge is 2.03. The molecule has 2 rings (SSSR count). The van der Waals surface area contributed by atoms with E-state index in [9.17, 15) is 0 Å². The van der Waals surface area contributed by atoms with Gasteiger partial charge in [0.25, 0.3) is 0 Å². The lowest BCUT2D eigenvalue weighted by Gasteiger charge is -2.10. The summed E-state index contributed by atoms with van der Waals surface area (Å²) in [6.45, 7) is 4.53. The average molecular weight is 348 g/mol. The molecule has 0 saturated carbocycles. The summed E-state index contributed by atoms with van der Waals surface area (Å²) in [6, 6.07) is 13.3. The van der Waals surface area contributed by atoms with Crippen LogP contribution in [0.3, 0.4) is 0 Å². The lowest BCUT2D eigenvalue weighted by atomic mass is 10.2. The zero-order valence-electron chi connectivity index (χ0n) is 13.0. The van der Waals surface area contributed by atoms with Crippen LogP contribution in [0.1, 0.15) is 18.1 Å². The minimum atomic E-state index is 0.401. The maximum Gasteiger partial charge on any atom is 0.191 e. The molecule has 2 aromatic carbocycles. The molecule has 4 nitrogen and oxygen atoms in total. The van der Waals surface area contributed by atoms with E-state index in [2.05, 4.69) is 15.8 Å². The Labute approximate surface area is 146 Å². The summed E-state index contributed by atoms with van der Waals surface area (Å²) in [6.07, 6.45) is 1.69. The minimum absolute atomic E-state index is 0.401. The van der Waals surface area contributed by atoms with Crippen LogP contribution in [0.25, 0.3) is 0 Å². The number of halogens is 1. The number of hydrazone groups is 1. The minimum Gasteiger partial charge on any atom is -0.494 e. The fraction of sp³-hybridized carbons (Fsp3) is 0.176. The van der Waals surface area contributed by atoms with Gasteiger partial charge in [-0.05, 0) is 73.6 Å². The quantitative estimate of drug-likeness (QED) is 0.479. The summed E-state index contributed by atoms with van der Waals surface area (Å²) >= 11 is 11.3. The molecule has 0 spiro atoms. The van der Waals surface area contributed by atoms with Crippen LogP contribution in [-0.4, -0.2) is 17.9 Å². The largest absolute Gasteiger partial charge is 0.494 e. The Hall–Kier alpha value is -2.11. The second kappa shape index (κ2) is 8.50. The van der Waals surface area contributed by atoms with Gasteiger partial charge in [-0.15, -0.1) is 0 Å². The van der Waals surface area contributed by atoms with Crippen molar-refractivity contribution in [2.24, 2.45) is 5.10 Å². The van der Waals surface area contributed by atoms with Crippen LogP contribution in [0.5, 0.6) is 5.75 Å². The molecule has 23 heavy (non-hydrogen) atoms. The number of hydrogen-bond donors (Lipinski definition) is 2. The van der Waals surface area contributed by atoms with Gasteiger partial charge in [0.2, 0.25) is 0 Å². The van der Waals surface area contributed by atoms with E-state index < -0.39 is 0 Å². The molecule has 6 heteroatoms. The molecule has 0 aliphatic rings. The number of anilines is 1. The zero-order chi connectivity index (χ0) is 16.7. The number of nitrogens with one attached hydrogen (secondary N) is 2. The Bertz CT molecular complexity index is 701. The molecule has 0 unspecified atom stereocenters. The second-order valence-corrected chi connectivity index (χ2v) is 5.55. The van der Waals surface area contributed by atoms with Gasteiger partial charge in [0.05, 0.1) is 12.8 Å². The molecule has 0 saturated heterocycles. The van der Waals surface area contributed by atoms with Gasteiger partial charge in [-0.3, -0.25) is 5.43 Å². The van der Waals surface area contributed by atoms with Crippen LogP contribution in [0.15, 0.2) is 47.6 Å². The molecule has 120 valence electrons. The fourth-order valence-electron chi connectivity index (χ4n) is 1.88. The first-order valence-corrected chi connectivity index (χ1v) is 7.97. The summed E-state index contributed by atoms with van der Waals surface area (Å²) < 4.78 is 5.39. The van der Waals surface area contributed by atoms with E-state index in [0.29, 0.717) is 16.7 Å². The van der Waals surface area contributed by atoms with E-state index in [4.69, 9.17) is 28.6 Å². The van der Waals surface area contributed by atoms with Crippen LogP contribution in [0, 0.1) is 6.92 Å². The summed E-state index contributed by atoms with van der Waals surface area (Å²) in [4.78, 5) is 0. The topological polar surface area (TPSA) is 45.6 Å².